The van der Waals surface area contributed by atoms with E-state index in [-0.39, 0.29) is 5.78 Å². The molecule has 0 heterocycles. The van der Waals surface area contributed by atoms with Gasteiger partial charge in [-0.25, -0.2) is 0 Å². The summed E-state index contributed by atoms with van der Waals surface area (Å²) in [5, 5.41) is 3.41. The Labute approximate surface area is 161 Å². The Morgan fingerprint density at radius 2 is 1.48 bits per heavy atom. The molecular formula is C22H18INO. The van der Waals surface area contributed by atoms with Gasteiger partial charge in [0.15, 0.2) is 5.78 Å². The highest BCUT2D eigenvalue weighted by Crippen LogP contribution is 2.23. The number of anilines is 1. The van der Waals surface area contributed by atoms with Crippen molar-refractivity contribution in [2.45, 2.75) is 6.92 Å². The number of rotatable bonds is 5. The van der Waals surface area contributed by atoms with Crippen molar-refractivity contribution in [1.82, 2.24) is 0 Å². The lowest BCUT2D eigenvalue weighted by Crippen LogP contribution is -2.04. The van der Waals surface area contributed by atoms with Gasteiger partial charge in [-0.15, -0.1) is 0 Å². The van der Waals surface area contributed by atoms with Gasteiger partial charge in [0.05, 0.1) is 5.69 Å². The van der Waals surface area contributed by atoms with E-state index in [1.54, 1.807) is 6.08 Å². The Morgan fingerprint density at radius 1 is 0.840 bits per heavy atom. The van der Waals surface area contributed by atoms with E-state index in [4.69, 9.17) is 0 Å². The fourth-order valence-electron chi connectivity index (χ4n) is 2.45. The molecule has 0 aromatic heterocycles. The summed E-state index contributed by atoms with van der Waals surface area (Å²) in [5.41, 5.74) is 4.57. The van der Waals surface area contributed by atoms with Crippen LogP contribution in [0.25, 0.3) is 5.70 Å². The first-order valence-corrected chi connectivity index (χ1v) is 9.11. The summed E-state index contributed by atoms with van der Waals surface area (Å²) in [4.78, 5) is 12.7. The van der Waals surface area contributed by atoms with E-state index in [0.717, 1.165) is 26.1 Å². The molecule has 3 heteroatoms. The zero-order valence-electron chi connectivity index (χ0n) is 13.9. The summed E-state index contributed by atoms with van der Waals surface area (Å²) in [6.45, 7) is 2.01. The number of benzene rings is 3. The molecule has 0 unspecified atom stereocenters. The Hall–Kier alpha value is -2.40. The summed E-state index contributed by atoms with van der Waals surface area (Å²) < 4.78 is 1.10. The van der Waals surface area contributed by atoms with Crippen LogP contribution in [-0.4, -0.2) is 5.78 Å². The van der Waals surface area contributed by atoms with Crippen LogP contribution in [-0.2, 0) is 0 Å². The van der Waals surface area contributed by atoms with Crippen LogP contribution in [0, 0.1) is 10.5 Å². The molecule has 0 bridgehead atoms. The highest BCUT2D eigenvalue weighted by atomic mass is 127. The highest BCUT2D eigenvalue weighted by molar-refractivity contribution is 14.1. The summed E-state index contributed by atoms with van der Waals surface area (Å²) in [7, 11) is 0. The summed E-state index contributed by atoms with van der Waals surface area (Å²) in [6, 6.07) is 25.6. The van der Waals surface area contributed by atoms with Crippen molar-refractivity contribution < 1.29 is 4.79 Å². The van der Waals surface area contributed by atoms with E-state index < -0.39 is 0 Å². The smallest absolute Gasteiger partial charge is 0.187 e. The number of hydrogen-bond donors (Lipinski definition) is 1. The van der Waals surface area contributed by atoms with Crippen LogP contribution in [0.1, 0.15) is 21.5 Å². The van der Waals surface area contributed by atoms with Gasteiger partial charge in [-0.2, -0.15) is 0 Å². The molecule has 3 aromatic rings. The zero-order chi connectivity index (χ0) is 17.6. The number of para-hydroxylation sites is 1. The van der Waals surface area contributed by atoms with E-state index >= 15 is 0 Å². The SMILES string of the molecule is Cc1ccc(C(=O)/C=C(/Nc2ccccc2I)c2ccccc2)cc1. The van der Waals surface area contributed by atoms with Crippen molar-refractivity contribution in [2.75, 3.05) is 5.32 Å². The predicted octanol–water partition coefficient (Wildman–Crippen LogP) is 5.94. The average molecular weight is 439 g/mol. The quantitative estimate of drug-likeness (QED) is 0.303. The number of aryl methyl sites for hydroxylation is 1. The molecule has 0 aliphatic rings. The Morgan fingerprint density at radius 3 is 2.16 bits per heavy atom. The number of carbonyl (C=O) groups is 1. The molecule has 0 aliphatic carbocycles. The van der Waals surface area contributed by atoms with Gasteiger partial charge in [-0.3, -0.25) is 4.79 Å². The Balaban J connectivity index is 1.97. The number of allylic oxidation sites excluding steroid dienone is 1. The monoisotopic (exact) mass is 439 g/mol. The number of carbonyl (C=O) groups excluding carboxylic acids is 1. The molecule has 0 fully saturated rings. The van der Waals surface area contributed by atoms with Crippen LogP contribution in [0.4, 0.5) is 5.69 Å². The third-order valence-electron chi connectivity index (χ3n) is 3.84. The minimum absolute atomic E-state index is 0.0164. The third kappa shape index (κ3) is 4.57. The van der Waals surface area contributed by atoms with Crippen LogP contribution in [0.3, 0.4) is 0 Å². The predicted molar refractivity (Wildman–Crippen MR) is 113 cm³/mol. The number of nitrogens with one attached hydrogen (secondary N) is 1. The average Bonchev–Trinajstić information content (AvgIpc) is 2.64. The van der Waals surface area contributed by atoms with E-state index in [1.165, 1.54) is 0 Å². The largest absolute Gasteiger partial charge is 0.354 e. The summed E-state index contributed by atoms with van der Waals surface area (Å²) in [6.07, 6.45) is 1.67. The van der Waals surface area contributed by atoms with Crippen LogP contribution >= 0.6 is 22.6 Å². The van der Waals surface area contributed by atoms with Gasteiger partial charge < -0.3 is 5.32 Å². The molecule has 25 heavy (non-hydrogen) atoms. The van der Waals surface area contributed by atoms with Gasteiger partial charge in [-0.05, 0) is 47.2 Å². The maximum Gasteiger partial charge on any atom is 0.187 e. The third-order valence-corrected chi connectivity index (χ3v) is 4.78. The zero-order valence-corrected chi connectivity index (χ0v) is 16.0. The molecule has 3 rings (SSSR count). The van der Waals surface area contributed by atoms with Crippen LogP contribution in [0.5, 0.6) is 0 Å². The highest BCUT2D eigenvalue weighted by Gasteiger charge is 2.09. The number of halogens is 1. The molecule has 0 radical (unpaired) electrons. The molecule has 0 amide bonds. The van der Waals surface area contributed by atoms with Crippen molar-refractivity contribution in [3.63, 3.8) is 0 Å². The van der Waals surface area contributed by atoms with Gasteiger partial charge >= 0.3 is 0 Å². The lowest BCUT2D eigenvalue weighted by molar-refractivity contribution is 0.104. The standard InChI is InChI=1S/C22H18INO/c1-16-11-13-18(14-12-16)22(25)15-21(17-7-3-2-4-8-17)24-20-10-6-5-9-19(20)23/h2-15,24H,1H3/b21-15+. The molecule has 124 valence electrons. The van der Waals surface area contributed by atoms with Crippen molar-refractivity contribution >= 4 is 39.8 Å². The molecule has 0 aliphatic heterocycles. The fraction of sp³-hybridized carbons (Fsp3) is 0.0455. The lowest BCUT2D eigenvalue weighted by atomic mass is 10.1. The second-order valence-electron chi connectivity index (χ2n) is 5.76. The normalized spacial score (nSPS) is 11.2. The molecule has 0 saturated carbocycles. The molecule has 2 nitrogen and oxygen atoms in total. The fourth-order valence-corrected chi connectivity index (χ4v) is 2.97. The van der Waals surface area contributed by atoms with Gasteiger partial charge in [0.25, 0.3) is 0 Å². The Bertz CT molecular complexity index is 899. The van der Waals surface area contributed by atoms with Gasteiger partial charge in [0.1, 0.15) is 0 Å². The van der Waals surface area contributed by atoms with Crippen LogP contribution in [0.2, 0.25) is 0 Å². The molecule has 0 atom stereocenters. The molecule has 3 aromatic carbocycles. The second kappa shape index (κ2) is 8.12. The van der Waals surface area contributed by atoms with Crippen molar-refractivity contribution in [1.29, 1.82) is 0 Å². The van der Waals surface area contributed by atoms with E-state index in [9.17, 15) is 4.79 Å². The van der Waals surface area contributed by atoms with Crippen molar-refractivity contribution in [2.24, 2.45) is 0 Å². The molecule has 1 N–H and O–H groups in total. The first-order chi connectivity index (χ1) is 12.1. The van der Waals surface area contributed by atoms with E-state index in [1.807, 2.05) is 85.8 Å². The number of ketones is 1. The van der Waals surface area contributed by atoms with E-state index in [2.05, 4.69) is 27.9 Å². The molecule has 0 saturated heterocycles. The van der Waals surface area contributed by atoms with Crippen LogP contribution in [0.15, 0.2) is 84.9 Å². The first kappa shape index (κ1) is 17.4. The van der Waals surface area contributed by atoms with Crippen LogP contribution < -0.4 is 5.32 Å². The minimum Gasteiger partial charge on any atom is -0.354 e. The molecular weight excluding hydrogens is 421 g/mol. The maximum atomic E-state index is 12.7. The Kier molecular flexibility index (Phi) is 5.66. The molecule has 0 spiro atoms. The number of hydrogen-bond acceptors (Lipinski definition) is 2. The van der Waals surface area contributed by atoms with Gasteiger partial charge in [0.2, 0.25) is 0 Å². The second-order valence-corrected chi connectivity index (χ2v) is 6.92. The summed E-state index contributed by atoms with van der Waals surface area (Å²) in [5.74, 6) is -0.0164. The minimum atomic E-state index is -0.0164. The maximum absolute atomic E-state index is 12.7. The summed E-state index contributed by atoms with van der Waals surface area (Å²) >= 11 is 2.29. The lowest BCUT2D eigenvalue weighted by Gasteiger charge is -2.13. The van der Waals surface area contributed by atoms with E-state index in [0.29, 0.717) is 5.56 Å². The topological polar surface area (TPSA) is 29.1 Å². The van der Waals surface area contributed by atoms with Crippen molar-refractivity contribution in [3.05, 3.63) is 105 Å². The van der Waals surface area contributed by atoms with Gasteiger partial charge in [0, 0.05) is 20.9 Å². The van der Waals surface area contributed by atoms with Crippen molar-refractivity contribution in [3.8, 4) is 0 Å². The van der Waals surface area contributed by atoms with Gasteiger partial charge in [-0.1, -0.05) is 72.3 Å². The first-order valence-electron chi connectivity index (χ1n) is 8.03.